The largest absolute Gasteiger partial charge is 0.383 e. The number of carbonyl (C=O) groups excluding carboxylic acids is 3. The third kappa shape index (κ3) is 5.68. The van der Waals surface area contributed by atoms with Crippen LogP contribution >= 0.6 is 11.3 Å². The van der Waals surface area contributed by atoms with E-state index >= 15 is 0 Å². The molecule has 3 N–H and O–H groups in total. The summed E-state index contributed by atoms with van der Waals surface area (Å²) in [6.45, 7) is 8.54. The molecule has 0 aliphatic heterocycles. The van der Waals surface area contributed by atoms with Gasteiger partial charge in [-0.25, -0.2) is 4.98 Å². The zero-order valence-electron chi connectivity index (χ0n) is 14.7. The van der Waals surface area contributed by atoms with Crippen LogP contribution in [-0.4, -0.2) is 39.8 Å². The lowest BCUT2D eigenvalue weighted by Gasteiger charge is -2.26. The molecule has 24 heavy (non-hydrogen) atoms. The van der Waals surface area contributed by atoms with E-state index in [0.717, 1.165) is 11.3 Å². The van der Waals surface area contributed by atoms with Gasteiger partial charge >= 0.3 is 0 Å². The van der Waals surface area contributed by atoms with Crippen LogP contribution in [0, 0.1) is 5.41 Å². The standard InChI is InChI=1S/C16H25N3O4S/c1-6-7-10(18-14(23)12(21)16(3,4)5)13(22)19-15-17-8-11(24-15)9(2)20/h8,10,12,21H,6-7H2,1-5H3,(H,18,23)(H,17,19,22). The van der Waals surface area contributed by atoms with E-state index in [2.05, 4.69) is 15.6 Å². The zero-order chi connectivity index (χ0) is 18.5. The minimum absolute atomic E-state index is 0.125. The number of aliphatic hydroxyl groups is 1. The maximum Gasteiger partial charge on any atom is 0.250 e. The number of Topliss-reactive ketones (excluding diaryl/α,β-unsaturated/α-hetero) is 1. The summed E-state index contributed by atoms with van der Waals surface area (Å²) in [6, 6.07) is -0.774. The van der Waals surface area contributed by atoms with Crippen LogP contribution in [-0.2, 0) is 9.59 Å². The average molecular weight is 355 g/mol. The number of hydrogen-bond acceptors (Lipinski definition) is 6. The molecule has 0 fully saturated rings. The number of rotatable bonds is 7. The third-order valence-electron chi connectivity index (χ3n) is 3.36. The molecule has 2 unspecified atom stereocenters. The van der Waals surface area contributed by atoms with Gasteiger partial charge in [-0.15, -0.1) is 0 Å². The van der Waals surface area contributed by atoms with E-state index in [9.17, 15) is 19.5 Å². The first-order chi connectivity index (χ1) is 11.1. The molecule has 1 aromatic rings. The van der Waals surface area contributed by atoms with Crippen LogP contribution in [0.3, 0.4) is 0 Å². The summed E-state index contributed by atoms with van der Waals surface area (Å²) >= 11 is 1.08. The van der Waals surface area contributed by atoms with E-state index in [1.54, 1.807) is 20.8 Å². The molecule has 1 heterocycles. The Morgan fingerprint density at radius 2 is 1.92 bits per heavy atom. The molecular formula is C16H25N3O4S. The Morgan fingerprint density at radius 3 is 2.38 bits per heavy atom. The molecule has 0 spiro atoms. The van der Waals surface area contributed by atoms with Gasteiger partial charge in [0.15, 0.2) is 10.9 Å². The van der Waals surface area contributed by atoms with Crippen LogP contribution in [0.1, 0.15) is 57.1 Å². The van der Waals surface area contributed by atoms with Crippen molar-refractivity contribution < 1.29 is 19.5 Å². The van der Waals surface area contributed by atoms with Gasteiger partial charge in [0.2, 0.25) is 11.8 Å². The molecule has 0 bridgehead atoms. The quantitative estimate of drug-likeness (QED) is 0.648. The van der Waals surface area contributed by atoms with Crippen molar-refractivity contribution in [2.75, 3.05) is 5.32 Å². The number of aromatic nitrogens is 1. The van der Waals surface area contributed by atoms with Gasteiger partial charge in [0, 0.05) is 6.92 Å². The molecule has 134 valence electrons. The smallest absolute Gasteiger partial charge is 0.250 e. The van der Waals surface area contributed by atoms with Crippen LogP contribution in [0.15, 0.2) is 6.20 Å². The number of carbonyl (C=O) groups is 3. The fourth-order valence-corrected chi connectivity index (χ4v) is 2.60. The maximum absolute atomic E-state index is 12.4. The minimum Gasteiger partial charge on any atom is -0.383 e. The van der Waals surface area contributed by atoms with E-state index in [-0.39, 0.29) is 5.78 Å². The van der Waals surface area contributed by atoms with Crippen molar-refractivity contribution in [2.24, 2.45) is 5.41 Å². The fraction of sp³-hybridized carbons (Fsp3) is 0.625. The van der Waals surface area contributed by atoms with Crippen molar-refractivity contribution in [3.8, 4) is 0 Å². The molecule has 0 aliphatic carbocycles. The molecule has 0 saturated heterocycles. The van der Waals surface area contributed by atoms with Gasteiger partial charge < -0.3 is 15.7 Å². The van der Waals surface area contributed by atoms with E-state index in [0.29, 0.717) is 22.9 Å². The van der Waals surface area contributed by atoms with Crippen molar-refractivity contribution in [2.45, 2.75) is 59.6 Å². The second kappa shape index (κ2) is 8.34. The van der Waals surface area contributed by atoms with E-state index in [1.807, 2.05) is 6.92 Å². The van der Waals surface area contributed by atoms with E-state index in [4.69, 9.17) is 0 Å². The maximum atomic E-state index is 12.4. The van der Waals surface area contributed by atoms with E-state index < -0.39 is 29.4 Å². The SMILES string of the molecule is CCCC(NC(=O)C(O)C(C)(C)C)C(=O)Nc1ncc(C(C)=O)s1. The number of ketones is 1. The Labute approximate surface area is 145 Å². The molecule has 0 aromatic carbocycles. The van der Waals surface area contributed by atoms with Gasteiger partial charge in [0.05, 0.1) is 11.1 Å². The summed E-state index contributed by atoms with van der Waals surface area (Å²) in [7, 11) is 0. The summed E-state index contributed by atoms with van der Waals surface area (Å²) in [4.78, 5) is 40.2. The van der Waals surface area contributed by atoms with Crippen molar-refractivity contribution in [3.63, 3.8) is 0 Å². The Morgan fingerprint density at radius 1 is 1.29 bits per heavy atom. The monoisotopic (exact) mass is 355 g/mol. The average Bonchev–Trinajstić information content (AvgIpc) is 2.93. The number of nitrogens with one attached hydrogen (secondary N) is 2. The highest BCUT2D eigenvalue weighted by Gasteiger charge is 2.31. The Bertz CT molecular complexity index is 607. The summed E-state index contributed by atoms with van der Waals surface area (Å²) < 4.78 is 0. The molecule has 0 aliphatic rings. The van der Waals surface area contributed by atoms with Crippen LogP contribution in [0.2, 0.25) is 0 Å². The molecule has 8 heteroatoms. The highest BCUT2D eigenvalue weighted by Crippen LogP contribution is 2.20. The molecule has 2 amide bonds. The third-order valence-corrected chi connectivity index (χ3v) is 4.38. The normalized spacial score (nSPS) is 13.9. The molecular weight excluding hydrogens is 330 g/mol. The molecule has 1 aromatic heterocycles. The predicted molar refractivity (Wildman–Crippen MR) is 93.0 cm³/mol. The Hall–Kier alpha value is -1.80. The first-order valence-corrected chi connectivity index (χ1v) is 8.64. The summed E-state index contributed by atoms with van der Waals surface area (Å²) in [6.07, 6.45) is 1.30. The highest BCUT2D eigenvalue weighted by atomic mass is 32.1. The van der Waals surface area contributed by atoms with Gasteiger partial charge in [-0.2, -0.15) is 0 Å². The number of anilines is 1. The lowest BCUT2D eigenvalue weighted by molar-refractivity contribution is -0.137. The Kier molecular flexibility index (Phi) is 7.04. The number of nitrogens with zero attached hydrogens (tertiary/aromatic N) is 1. The number of aliphatic hydroxyl groups excluding tert-OH is 1. The highest BCUT2D eigenvalue weighted by molar-refractivity contribution is 7.17. The van der Waals surface area contributed by atoms with Crippen LogP contribution in [0.25, 0.3) is 0 Å². The minimum atomic E-state index is -1.21. The van der Waals surface area contributed by atoms with Gasteiger partial charge in [0.25, 0.3) is 0 Å². The molecule has 1 rings (SSSR count). The number of amides is 2. The summed E-state index contributed by atoms with van der Waals surface area (Å²) in [5.74, 6) is -1.13. The summed E-state index contributed by atoms with van der Waals surface area (Å²) in [5.41, 5.74) is -0.622. The fourth-order valence-electron chi connectivity index (χ4n) is 1.89. The van der Waals surface area contributed by atoms with Crippen molar-refractivity contribution in [1.82, 2.24) is 10.3 Å². The van der Waals surface area contributed by atoms with Crippen LogP contribution in [0.5, 0.6) is 0 Å². The molecule has 0 radical (unpaired) electrons. The molecule has 7 nitrogen and oxygen atoms in total. The predicted octanol–water partition coefficient (Wildman–Crippen LogP) is 1.98. The first-order valence-electron chi connectivity index (χ1n) is 7.82. The molecule has 2 atom stereocenters. The lowest BCUT2D eigenvalue weighted by atomic mass is 9.88. The number of thiazole rings is 1. The second-order valence-corrected chi connectivity index (χ2v) is 7.72. The van der Waals surface area contributed by atoms with Crippen LogP contribution in [0.4, 0.5) is 5.13 Å². The van der Waals surface area contributed by atoms with Crippen LogP contribution < -0.4 is 10.6 Å². The van der Waals surface area contributed by atoms with E-state index in [1.165, 1.54) is 13.1 Å². The van der Waals surface area contributed by atoms with Gasteiger partial charge in [0.1, 0.15) is 12.1 Å². The molecule has 0 saturated carbocycles. The number of hydrogen-bond donors (Lipinski definition) is 3. The zero-order valence-corrected chi connectivity index (χ0v) is 15.5. The first kappa shape index (κ1) is 20.2. The van der Waals surface area contributed by atoms with Gasteiger partial charge in [-0.3, -0.25) is 14.4 Å². The summed E-state index contributed by atoms with van der Waals surface area (Å²) in [5, 5.41) is 15.5. The topological polar surface area (TPSA) is 108 Å². The van der Waals surface area contributed by atoms with Crippen molar-refractivity contribution >= 4 is 34.1 Å². The Balaban J connectivity index is 2.77. The van der Waals surface area contributed by atoms with Crippen molar-refractivity contribution in [3.05, 3.63) is 11.1 Å². The van der Waals surface area contributed by atoms with Crippen molar-refractivity contribution in [1.29, 1.82) is 0 Å². The second-order valence-electron chi connectivity index (χ2n) is 6.69. The van der Waals surface area contributed by atoms with Gasteiger partial charge in [-0.1, -0.05) is 45.5 Å². The lowest BCUT2D eigenvalue weighted by Crippen LogP contribution is -2.50. The van der Waals surface area contributed by atoms with Gasteiger partial charge in [-0.05, 0) is 11.8 Å².